The van der Waals surface area contributed by atoms with E-state index < -0.39 is 0 Å². The summed E-state index contributed by atoms with van der Waals surface area (Å²) in [6.07, 6.45) is 5.20. The molecule has 150 valence electrons. The summed E-state index contributed by atoms with van der Waals surface area (Å²) < 4.78 is 10.5. The lowest BCUT2D eigenvalue weighted by Crippen LogP contribution is -2.30. The molecule has 8 heteroatoms. The minimum Gasteiger partial charge on any atom is -0.365 e. The standard InChI is InChI=1S/C18H34N4O4/c23-17(5-9-21-11-13-25-15-21)19-7-3-1-2-4-8-20-18(24)6-10-22-12-14-26-16-22/h1-16H2,(H,19,23)(H,20,24). The van der Waals surface area contributed by atoms with Gasteiger partial charge in [0.1, 0.15) is 0 Å². The molecule has 8 nitrogen and oxygen atoms in total. The summed E-state index contributed by atoms with van der Waals surface area (Å²) >= 11 is 0. The SMILES string of the molecule is O=C(CCN1CCOC1)NCCCCCCNC(=O)CCN1CCOC1. The van der Waals surface area contributed by atoms with Crippen molar-refractivity contribution in [1.29, 1.82) is 0 Å². The fourth-order valence-corrected chi connectivity index (χ4v) is 3.01. The van der Waals surface area contributed by atoms with E-state index in [4.69, 9.17) is 9.47 Å². The highest BCUT2D eigenvalue weighted by molar-refractivity contribution is 5.76. The van der Waals surface area contributed by atoms with Crippen molar-refractivity contribution < 1.29 is 19.1 Å². The minimum absolute atomic E-state index is 0.118. The average Bonchev–Trinajstić information content (AvgIpc) is 3.34. The average molecular weight is 370 g/mol. The van der Waals surface area contributed by atoms with Crippen LogP contribution in [0.4, 0.5) is 0 Å². The summed E-state index contributed by atoms with van der Waals surface area (Å²) in [4.78, 5) is 27.8. The number of hydrogen-bond acceptors (Lipinski definition) is 6. The number of carbonyl (C=O) groups excluding carboxylic acids is 2. The second kappa shape index (κ2) is 13.0. The zero-order valence-corrected chi connectivity index (χ0v) is 15.8. The van der Waals surface area contributed by atoms with Crippen LogP contribution in [0.25, 0.3) is 0 Å². The zero-order valence-electron chi connectivity index (χ0n) is 15.8. The molecule has 0 atom stereocenters. The van der Waals surface area contributed by atoms with Gasteiger partial charge in [0.05, 0.1) is 26.7 Å². The first-order valence-electron chi connectivity index (χ1n) is 9.87. The van der Waals surface area contributed by atoms with Crippen molar-refractivity contribution in [2.45, 2.75) is 38.5 Å². The fourth-order valence-electron chi connectivity index (χ4n) is 3.01. The zero-order chi connectivity index (χ0) is 18.5. The van der Waals surface area contributed by atoms with Gasteiger partial charge >= 0.3 is 0 Å². The van der Waals surface area contributed by atoms with Gasteiger partial charge in [-0.2, -0.15) is 0 Å². The van der Waals surface area contributed by atoms with Crippen LogP contribution in [0.1, 0.15) is 38.5 Å². The predicted octanol–water partition coefficient (Wildman–Crippen LogP) is 0.139. The molecule has 2 N–H and O–H groups in total. The molecule has 0 unspecified atom stereocenters. The Bertz CT molecular complexity index is 372. The third-order valence-electron chi connectivity index (χ3n) is 4.71. The molecule has 2 amide bonds. The topological polar surface area (TPSA) is 83.1 Å². The van der Waals surface area contributed by atoms with Crippen molar-refractivity contribution in [2.24, 2.45) is 0 Å². The van der Waals surface area contributed by atoms with Crippen molar-refractivity contribution in [3.8, 4) is 0 Å². The summed E-state index contributed by atoms with van der Waals surface area (Å²) in [7, 11) is 0. The first-order valence-corrected chi connectivity index (χ1v) is 9.87. The Labute approximate surface area is 156 Å². The highest BCUT2D eigenvalue weighted by Gasteiger charge is 2.13. The second-order valence-corrected chi connectivity index (χ2v) is 6.92. The van der Waals surface area contributed by atoms with Crippen LogP contribution in [-0.4, -0.2) is 87.6 Å². The van der Waals surface area contributed by atoms with Crippen LogP contribution in [-0.2, 0) is 19.1 Å². The number of nitrogens with zero attached hydrogens (tertiary/aromatic N) is 2. The van der Waals surface area contributed by atoms with Gasteiger partial charge in [-0.15, -0.1) is 0 Å². The number of rotatable bonds is 13. The Morgan fingerprint density at radius 2 is 1.19 bits per heavy atom. The van der Waals surface area contributed by atoms with E-state index in [1.54, 1.807) is 0 Å². The molecule has 0 aromatic rings. The quantitative estimate of drug-likeness (QED) is 0.449. The van der Waals surface area contributed by atoms with E-state index in [0.717, 1.165) is 78.2 Å². The number of ether oxygens (including phenoxy) is 2. The maximum atomic E-state index is 11.7. The molecule has 2 aliphatic rings. The Morgan fingerprint density at radius 1 is 0.731 bits per heavy atom. The first kappa shape index (κ1) is 21.1. The molecule has 0 aromatic heterocycles. The molecular formula is C18H34N4O4. The highest BCUT2D eigenvalue weighted by Crippen LogP contribution is 2.02. The number of carbonyl (C=O) groups is 2. The van der Waals surface area contributed by atoms with E-state index >= 15 is 0 Å². The smallest absolute Gasteiger partial charge is 0.221 e. The summed E-state index contributed by atoms with van der Waals surface area (Å²) in [5.41, 5.74) is 0. The predicted molar refractivity (Wildman–Crippen MR) is 98.5 cm³/mol. The van der Waals surface area contributed by atoms with E-state index in [1.165, 1.54) is 0 Å². The van der Waals surface area contributed by atoms with E-state index in [-0.39, 0.29) is 11.8 Å². The molecule has 0 radical (unpaired) electrons. The van der Waals surface area contributed by atoms with Crippen LogP contribution in [0.3, 0.4) is 0 Å². The molecule has 0 aromatic carbocycles. The van der Waals surface area contributed by atoms with Gasteiger partial charge in [0.15, 0.2) is 0 Å². The normalized spacial score (nSPS) is 18.3. The van der Waals surface area contributed by atoms with Crippen LogP contribution >= 0.6 is 0 Å². The van der Waals surface area contributed by atoms with Gasteiger partial charge in [0.2, 0.25) is 11.8 Å². The van der Waals surface area contributed by atoms with Crippen molar-refractivity contribution in [2.75, 3.05) is 65.9 Å². The van der Waals surface area contributed by atoms with Crippen molar-refractivity contribution >= 4 is 11.8 Å². The van der Waals surface area contributed by atoms with Crippen molar-refractivity contribution in [3.63, 3.8) is 0 Å². The molecular weight excluding hydrogens is 336 g/mol. The van der Waals surface area contributed by atoms with Crippen molar-refractivity contribution in [1.82, 2.24) is 20.4 Å². The number of amides is 2. The Kier molecular flexibility index (Phi) is 10.6. The summed E-state index contributed by atoms with van der Waals surface area (Å²) in [6.45, 7) is 7.72. The van der Waals surface area contributed by atoms with Crippen LogP contribution in [0.2, 0.25) is 0 Å². The summed E-state index contributed by atoms with van der Waals surface area (Å²) in [5, 5.41) is 5.94. The van der Waals surface area contributed by atoms with Crippen LogP contribution in [0, 0.1) is 0 Å². The molecule has 2 heterocycles. The molecule has 2 aliphatic heterocycles. The minimum atomic E-state index is 0.118. The largest absolute Gasteiger partial charge is 0.365 e. The molecule has 0 spiro atoms. The van der Waals surface area contributed by atoms with Crippen molar-refractivity contribution in [3.05, 3.63) is 0 Å². The van der Waals surface area contributed by atoms with Crippen LogP contribution < -0.4 is 10.6 Å². The fraction of sp³-hybridized carbons (Fsp3) is 0.889. The van der Waals surface area contributed by atoms with Gasteiger partial charge in [-0.1, -0.05) is 12.8 Å². The number of unbranched alkanes of at least 4 members (excludes halogenated alkanes) is 3. The summed E-state index contributed by atoms with van der Waals surface area (Å²) in [5.74, 6) is 0.236. The van der Waals surface area contributed by atoms with Gasteiger partial charge in [0, 0.05) is 52.1 Å². The molecule has 0 bridgehead atoms. The number of hydrogen-bond donors (Lipinski definition) is 2. The van der Waals surface area contributed by atoms with E-state index in [9.17, 15) is 9.59 Å². The molecule has 0 saturated carbocycles. The maximum Gasteiger partial charge on any atom is 0.221 e. The lowest BCUT2D eigenvalue weighted by Gasteiger charge is -2.12. The molecule has 0 aliphatic carbocycles. The lowest BCUT2D eigenvalue weighted by molar-refractivity contribution is -0.122. The number of nitrogens with one attached hydrogen (secondary N) is 2. The third-order valence-corrected chi connectivity index (χ3v) is 4.71. The second-order valence-electron chi connectivity index (χ2n) is 6.92. The monoisotopic (exact) mass is 370 g/mol. The Morgan fingerprint density at radius 3 is 1.58 bits per heavy atom. The molecule has 2 rings (SSSR count). The van der Waals surface area contributed by atoms with Gasteiger partial charge in [0.25, 0.3) is 0 Å². The van der Waals surface area contributed by atoms with E-state index in [0.29, 0.717) is 26.3 Å². The van der Waals surface area contributed by atoms with Gasteiger partial charge in [-0.05, 0) is 12.8 Å². The van der Waals surface area contributed by atoms with E-state index in [2.05, 4.69) is 20.4 Å². The van der Waals surface area contributed by atoms with Gasteiger partial charge in [-0.25, -0.2) is 0 Å². The van der Waals surface area contributed by atoms with Gasteiger partial charge < -0.3 is 20.1 Å². The Hall–Kier alpha value is -1.22. The molecule has 26 heavy (non-hydrogen) atoms. The summed E-state index contributed by atoms with van der Waals surface area (Å²) in [6, 6.07) is 0. The maximum absolute atomic E-state index is 11.7. The molecule has 2 saturated heterocycles. The van der Waals surface area contributed by atoms with E-state index in [1.807, 2.05) is 0 Å². The first-order chi connectivity index (χ1) is 12.7. The van der Waals surface area contributed by atoms with Gasteiger partial charge in [-0.3, -0.25) is 19.4 Å². The van der Waals surface area contributed by atoms with Crippen LogP contribution in [0.15, 0.2) is 0 Å². The van der Waals surface area contributed by atoms with Crippen LogP contribution in [0.5, 0.6) is 0 Å². The lowest BCUT2D eigenvalue weighted by atomic mass is 10.2. The third kappa shape index (κ3) is 9.47. The Balaban J connectivity index is 1.32. The highest BCUT2D eigenvalue weighted by atomic mass is 16.5. The molecule has 2 fully saturated rings.